The van der Waals surface area contributed by atoms with Crippen LogP contribution in [0.1, 0.15) is 12.8 Å². The number of hydrogen-bond donors (Lipinski definition) is 2. The summed E-state index contributed by atoms with van der Waals surface area (Å²) in [6.07, 6.45) is 4.88. The third-order valence-corrected chi connectivity index (χ3v) is 4.41. The largest absolute Gasteiger partial charge is 0.316 e. The van der Waals surface area contributed by atoms with Crippen molar-refractivity contribution in [1.29, 1.82) is 0 Å². The molecular formula is C10H18N4O2S. The summed E-state index contributed by atoms with van der Waals surface area (Å²) < 4.78 is 27.8. The molecule has 1 saturated heterocycles. The molecule has 2 N–H and O–H groups in total. The van der Waals surface area contributed by atoms with Crippen LogP contribution in [0.3, 0.4) is 0 Å². The number of aryl methyl sites for hydroxylation is 1. The third kappa shape index (κ3) is 3.27. The van der Waals surface area contributed by atoms with Crippen LogP contribution in [-0.2, 0) is 17.1 Å². The van der Waals surface area contributed by atoms with Gasteiger partial charge in [-0.1, -0.05) is 0 Å². The zero-order chi connectivity index (χ0) is 12.3. The van der Waals surface area contributed by atoms with Crippen LogP contribution in [0.4, 0.5) is 0 Å². The molecule has 1 aliphatic heterocycles. The van der Waals surface area contributed by atoms with E-state index < -0.39 is 10.0 Å². The maximum absolute atomic E-state index is 11.8. The van der Waals surface area contributed by atoms with Crippen LogP contribution in [0.5, 0.6) is 0 Å². The van der Waals surface area contributed by atoms with Gasteiger partial charge in [-0.05, 0) is 31.8 Å². The molecule has 6 nitrogen and oxygen atoms in total. The third-order valence-electron chi connectivity index (χ3n) is 3.00. The van der Waals surface area contributed by atoms with E-state index >= 15 is 0 Å². The molecule has 0 spiro atoms. The fourth-order valence-electron chi connectivity index (χ4n) is 1.98. The van der Waals surface area contributed by atoms with Crippen molar-refractivity contribution in [2.45, 2.75) is 17.7 Å². The highest BCUT2D eigenvalue weighted by Gasteiger charge is 2.18. The highest BCUT2D eigenvalue weighted by molar-refractivity contribution is 7.89. The molecular weight excluding hydrogens is 240 g/mol. The Hall–Kier alpha value is -0.920. The van der Waals surface area contributed by atoms with Crippen molar-refractivity contribution in [2.75, 3.05) is 19.6 Å². The van der Waals surface area contributed by atoms with Gasteiger partial charge in [0.05, 0.1) is 6.20 Å². The van der Waals surface area contributed by atoms with Crippen LogP contribution in [-0.4, -0.2) is 37.8 Å². The van der Waals surface area contributed by atoms with Gasteiger partial charge in [0.1, 0.15) is 4.90 Å². The normalized spacial score (nSPS) is 20.9. The Bertz CT molecular complexity index is 462. The van der Waals surface area contributed by atoms with Crippen LogP contribution in [0.2, 0.25) is 0 Å². The van der Waals surface area contributed by atoms with Gasteiger partial charge in [0, 0.05) is 19.8 Å². The molecule has 1 aliphatic rings. The molecule has 1 fully saturated rings. The topological polar surface area (TPSA) is 76.0 Å². The van der Waals surface area contributed by atoms with E-state index in [0.29, 0.717) is 12.5 Å². The zero-order valence-corrected chi connectivity index (χ0v) is 10.7. The molecule has 0 aliphatic carbocycles. The smallest absolute Gasteiger partial charge is 0.243 e. The van der Waals surface area contributed by atoms with E-state index in [4.69, 9.17) is 0 Å². The van der Waals surface area contributed by atoms with Crippen molar-refractivity contribution < 1.29 is 8.42 Å². The van der Waals surface area contributed by atoms with Gasteiger partial charge in [-0.15, -0.1) is 0 Å². The number of sulfonamides is 1. The predicted molar refractivity (Wildman–Crippen MR) is 64.0 cm³/mol. The van der Waals surface area contributed by atoms with Crippen LogP contribution < -0.4 is 10.0 Å². The molecule has 1 atom stereocenters. The first-order valence-electron chi connectivity index (χ1n) is 5.77. The summed E-state index contributed by atoms with van der Waals surface area (Å²) in [5.41, 5.74) is 0. The van der Waals surface area contributed by atoms with E-state index in [2.05, 4.69) is 15.1 Å². The minimum Gasteiger partial charge on any atom is -0.316 e. The first kappa shape index (κ1) is 12.5. The second-order valence-corrected chi connectivity index (χ2v) is 6.16. The fourth-order valence-corrected chi connectivity index (χ4v) is 3.01. The Morgan fingerprint density at radius 3 is 3.06 bits per heavy atom. The Kier molecular flexibility index (Phi) is 3.80. The van der Waals surface area contributed by atoms with E-state index in [-0.39, 0.29) is 4.90 Å². The Morgan fingerprint density at radius 2 is 2.47 bits per heavy atom. The van der Waals surface area contributed by atoms with E-state index in [1.54, 1.807) is 7.05 Å². The molecule has 0 aromatic carbocycles. The average Bonchev–Trinajstić information content (AvgIpc) is 2.89. The first-order chi connectivity index (χ1) is 8.08. The van der Waals surface area contributed by atoms with Crippen molar-refractivity contribution in [3.05, 3.63) is 12.4 Å². The maximum Gasteiger partial charge on any atom is 0.243 e. The lowest BCUT2D eigenvalue weighted by molar-refractivity contribution is 0.519. The molecule has 7 heteroatoms. The van der Waals surface area contributed by atoms with Gasteiger partial charge in [-0.3, -0.25) is 4.68 Å². The summed E-state index contributed by atoms with van der Waals surface area (Å²) >= 11 is 0. The van der Waals surface area contributed by atoms with Gasteiger partial charge in [0.25, 0.3) is 0 Å². The quantitative estimate of drug-likeness (QED) is 0.760. The fraction of sp³-hybridized carbons (Fsp3) is 0.700. The lowest BCUT2D eigenvalue weighted by Crippen LogP contribution is -2.26. The Labute approximate surface area is 101 Å². The molecule has 0 saturated carbocycles. The minimum atomic E-state index is -3.38. The summed E-state index contributed by atoms with van der Waals surface area (Å²) in [5.74, 6) is 0.589. The number of nitrogens with one attached hydrogen (secondary N) is 2. The van der Waals surface area contributed by atoms with Gasteiger partial charge < -0.3 is 5.32 Å². The van der Waals surface area contributed by atoms with Crippen molar-refractivity contribution in [1.82, 2.24) is 19.8 Å². The average molecular weight is 258 g/mol. The van der Waals surface area contributed by atoms with Crippen LogP contribution in [0, 0.1) is 5.92 Å². The number of hydrogen-bond acceptors (Lipinski definition) is 4. The molecule has 0 amide bonds. The monoisotopic (exact) mass is 258 g/mol. The highest BCUT2D eigenvalue weighted by atomic mass is 32.2. The number of rotatable bonds is 5. The molecule has 96 valence electrons. The van der Waals surface area contributed by atoms with Gasteiger partial charge in [-0.25, -0.2) is 13.1 Å². The minimum absolute atomic E-state index is 0.226. The number of nitrogens with zero attached hydrogens (tertiary/aromatic N) is 2. The molecule has 1 unspecified atom stereocenters. The van der Waals surface area contributed by atoms with Crippen LogP contribution in [0.15, 0.2) is 17.3 Å². The first-order valence-corrected chi connectivity index (χ1v) is 7.25. The Morgan fingerprint density at radius 1 is 1.65 bits per heavy atom. The van der Waals surface area contributed by atoms with Crippen molar-refractivity contribution in [3.8, 4) is 0 Å². The van der Waals surface area contributed by atoms with Gasteiger partial charge in [-0.2, -0.15) is 5.10 Å². The summed E-state index contributed by atoms with van der Waals surface area (Å²) in [6, 6.07) is 0. The molecule has 1 aromatic heterocycles. The van der Waals surface area contributed by atoms with E-state index in [9.17, 15) is 8.42 Å². The second kappa shape index (κ2) is 5.16. The maximum atomic E-state index is 11.8. The van der Waals surface area contributed by atoms with Crippen LogP contribution in [0.25, 0.3) is 0 Å². The second-order valence-electron chi connectivity index (χ2n) is 4.39. The highest BCUT2D eigenvalue weighted by Crippen LogP contribution is 2.12. The molecule has 0 radical (unpaired) electrons. The van der Waals surface area contributed by atoms with Gasteiger partial charge in [0.15, 0.2) is 0 Å². The summed E-state index contributed by atoms with van der Waals surface area (Å²) in [6.45, 7) is 2.53. The summed E-state index contributed by atoms with van der Waals surface area (Å²) in [7, 11) is -1.69. The van der Waals surface area contributed by atoms with Gasteiger partial charge in [0.2, 0.25) is 10.0 Å². The lowest BCUT2D eigenvalue weighted by Gasteiger charge is -2.08. The summed E-state index contributed by atoms with van der Waals surface area (Å²) in [4.78, 5) is 0.226. The standard InChI is InChI=1S/C10H18N4O2S/c1-14-8-10(7-12-14)17(15,16)13-5-3-9-2-4-11-6-9/h7-9,11,13H,2-6H2,1H3. The molecule has 17 heavy (non-hydrogen) atoms. The SMILES string of the molecule is Cn1cc(S(=O)(=O)NCCC2CCNC2)cn1. The van der Waals surface area contributed by atoms with E-state index in [1.165, 1.54) is 17.1 Å². The number of aromatic nitrogens is 2. The van der Waals surface area contributed by atoms with E-state index in [1.807, 2.05) is 0 Å². The molecule has 2 rings (SSSR count). The summed E-state index contributed by atoms with van der Waals surface area (Å²) in [5, 5.41) is 7.12. The predicted octanol–water partition coefficient (Wildman–Crippen LogP) is -0.302. The molecule has 2 heterocycles. The Balaban J connectivity index is 1.85. The van der Waals surface area contributed by atoms with Gasteiger partial charge >= 0.3 is 0 Å². The van der Waals surface area contributed by atoms with E-state index in [0.717, 1.165) is 25.9 Å². The van der Waals surface area contributed by atoms with Crippen LogP contribution >= 0.6 is 0 Å². The lowest BCUT2D eigenvalue weighted by atomic mass is 10.1. The van der Waals surface area contributed by atoms with Crippen molar-refractivity contribution in [2.24, 2.45) is 13.0 Å². The molecule has 1 aromatic rings. The zero-order valence-electron chi connectivity index (χ0n) is 9.89. The van der Waals surface area contributed by atoms with Crippen molar-refractivity contribution in [3.63, 3.8) is 0 Å². The van der Waals surface area contributed by atoms with Crippen molar-refractivity contribution >= 4 is 10.0 Å². The molecule has 0 bridgehead atoms.